The second-order valence-electron chi connectivity index (χ2n) is 7.56. The van der Waals surface area contributed by atoms with Gasteiger partial charge in [0.25, 0.3) is 0 Å². The first-order chi connectivity index (χ1) is 14.6. The number of benzene rings is 2. The van der Waals surface area contributed by atoms with Crippen LogP contribution in [0.4, 0.5) is 0 Å². The lowest BCUT2D eigenvalue weighted by atomic mass is 10.1. The molecular formula is C24H27N3O3. The van der Waals surface area contributed by atoms with Gasteiger partial charge in [0.05, 0.1) is 19.8 Å². The zero-order valence-electron chi connectivity index (χ0n) is 17.5. The molecule has 0 bridgehead atoms. The van der Waals surface area contributed by atoms with Crippen molar-refractivity contribution >= 4 is 39.7 Å². The Hall–Kier alpha value is -3.12. The molecule has 3 aromatic rings. The second-order valence-corrected chi connectivity index (χ2v) is 7.56. The van der Waals surface area contributed by atoms with Crippen molar-refractivity contribution < 1.29 is 14.3 Å². The van der Waals surface area contributed by atoms with Gasteiger partial charge in [0.2, 0.25) is 11.8 Å². The number of fused-ring (bicyclic) bond motifs is 3. The minimum absolute atomic E-state index is 0.0451. The molecule has 6 nitrogen and oxygen atoms in total. The number of hydrogen-bond acceptors (Lipinski definition) is 3. The highest BCUT2D eigenvalue weighted by Crippen LogP contribution is 2.29. The first kappa shape index (κ1) is 20.2. The number of carbonyl (C=O) groups is 2. The van der Waals surface area contributed by atoms with E-state index in [1.807, 2.05) is 18.2 Å². The van der Waals surface area contributed by atoms with Gasteiger partial charge in [-0.25, -0.2) is 0 Å². The number of ether oxygens (including phenoxy) is 1. The Morgan fingerprint density at radius 1 is 1.07 bits per heavy atom. The van der Waals surface area contributed by atoms with E-state index in [1.54, 1.807) is 11.9 Å². The number of hydrogen-bond donors (Lipinski definition) is 0. The van der Waals surface area contributed by atoms with Crippen molar-refractivity contribution in [3.8, 4) is 0 Å². The molecule has 1 saturated heterocycles. The number of nitrogens with zero attached hydrogens (tertiary/aromatic N) is 3. The fourth-order valence-electron chi connectivity index (χ4n) is 4.00. The average molecular weight is 405 g/mol. The van der Waals surface area contributed by atoms with Crippen LogP contribution in [0.1, 0.15) is 12.5 Å². The molecule has 0 unspecified atom stereocenters. The SMILES string of the molecule is CCn1c2ccccc2c2cc(/C=C/C(=O)N(C)CC(=O)N3CCOCC3)ccc21. The van der Waals surface area contributed by atoms with E-state index < -0.39 is 0 Å². The smallest absolute Gasteiger partial charge is 0.246 e. The van der Waals surface area contributed by atoms with Gasteiger partial charge in [0.1, 0.15) is 0 Å². The van der Waals surface area contributed by atoms with Crippen molar-refractivity contribution in [3.05, 3.63) is 54.1 Å². The summed E-state index contributed by atoms with van der Waals surface area (Å²) in [6, 6.07) is 14.6. The van der Waals surface area contributed by atoms with Crippen LogP contribution in [-0.2, 0) is 20.9 Å². The largest absolute Gasteiger partial charge is 0.378 e. The molecule has 4 rings (SSSR count). The quantitative estimate of drug-likeness (QED) is 0.613. The topological polar surface area (TPSA) is 54.8 Å². The summed E-state index contributed by atoms with van der Waals surface area (Å²) < 4.78 is 7.57. The minimum atomic E-state index is -0.187. The third-order valence-electron chi connectivity index (χ3n) is 5.64. The highest BCUT2D eigenvalue weighted by Gasteiger charge is 2.19. The summed E-state index contributed by atoms with van der Waals surface area (Å²) in [4.78, 5) is 28.0. The van der Waals surface area contributed by atoms with Gasteiger partial charge < -0.3 is 19.1 Å². The number of likely N-dealkylation sites (N-methyl/N-ethyl adjacent to an activating group) is 1. The Labute approximate surface area is 176 Å². The maximum Gasteiger partial charge on any atom is 0.246 e. The van der Waals surface area contributed by atoms with Gasteiger partial charge in [-0.3, -0.25) is 9.59 Å². The first-order valence-electron chi connectivity index (χ1n) is 10.4. The van der Waals surface area contributed by atoms with Gasteiger partial charge in [-0.2, -0.15) is 0 Å². The van der Waals surface area contributed by atoms with E-state index in [2.05, 4.69) is 41.8 Å². The van der Waals surface area contributed by atoms with Crippen LogP contribution in [0.15, 0.2) is 48.5 Å². The van der Waals surface area contributed by atoms with Crippen molar-refractivity contribution in [2.75, 3.05) is 39.9 Å². The molecule has 1 aliphatic rings. The second kappa shape index (κ2) is 8.71. The molecule has 0 aliphatic carbocycles. The standard InChI is InChI=1S/C24H27N3O3/c1-3-27-21-7-5-4-6-19(21)20-16-18(8-10-22(20)27)9-11-23(28)25(2)17-24(29)26-12-14-30-15-13-26/h4-11,16H,3,12-15,17H2,1-2H3/b11-9+. The molecule has 30 heavy (non-hydrogen) atoms. The molecule has 0 radical (unpaired) electrons. The van der Waals surface area contributed by atoms with Crippen LogP contribution in [-0.4, -0.2) is 66.1 Å². The lowest BCUT2D eigenvalue weighted by molar-refractivity contribution is -0.140. The van der Waals surface area contributed by atoms with Crippen molar-refractivity contribution in [1.29, 1.82) is 0 Å². The third-order valence-corrected chi connectivity index (χ3v) is 5.64. The summed E-state index contributed by atoms with van der Waals surface area (Å²) in [6.45, 7) is 5.41. The number of aromatic nitrogens is 1. The number of morpholine rings is 1. The predicted octanol–water partition coefficient (Wildman–Crippen LogP) is 3.14. The Morgan fingerprint density at radius 2 is 1.80 bits per heavy atom. The summed E-state index contributed by atoms with van der Waals surface area (Å²) in [5.41, 5.74) is 3.37. The first-order valence-corrected chi connectivity index (χ1v) is 10.4. The molecular weight excluding hydrogens is 378 g/mol. The van der Waals surface area contributed by atoms with E-state index in [0.29, 0.717) is 26.3 Å². The van der Waals surface area contributed by atoms with Crippen LogP contribution >= 0.6 is 0 Å². The van der Waals surface area contributed by atoms with Crippen LogP contribution in [0, 0.1) is 0 Å². The lowest BCUT2D eigenvalue weighted by Crippen LogP contribution is -2.45. The van der Waals surface area contributed by atoms with Crippen molar-refractivity contribution in [2.24, 2.45) is 0 Å². The molecule has 1 aromatic heterocycles. The van der Waals surface area contributed by atoms with Crippen molar-refractivity contribution in [1.82, 2.24) is 14.4 Å². The van der Waals surface area contributed by atoms with E-state index in [9.17, 15) is 9.59 Å². The number of rotatable bonds is 5. The zero-order valence-corrected chi connectivity index (χ0v) is 17.5. The summed E-state index contributed by atoms with van der Waals surface area (Å²) in [5.74, 6) is -0.232. The van der Waals surface area contributed by atoms with Crippen LogP contribution in [0.25, 0.3) is 27.9 Å². The fraction of sp³-hybridized carbons (Fsp3) is 0.333. The van der Waals surface area contributed by atoms with Crippen LogP contribution < -0.4 is 0 Å². The van der Waals surface area contributed by atoms with Crippen LogP contribution in [0.3, 0.4) is 0 Å². The summed E-state index contributed by atoms with van der Waals surface area (Å²) in [6.07, 6.45) is 3.35. The number of aryl methyl sites for hydroxylation is 1. The fourth-order valence-corrected chi connectivity index (χ4v) is 4.00. The predicted molar refractivity (Wildman–Crippen MR) is 119 cm³/mol. The van der Waals surface area contributed by atoms with Gasteiger partial charge in [0, 0.05) is 54.6 Å². The number of amides is 2. The molecule has 0 N–H and O–H groups in total. The van der Waals surface area contributed by atoms with E-state index in [-0.39, 0.29) is 18.4 Å². The normalized spacial score (nSPS) is 14.7. The Balaban J connectivity index is 1.49. The maximum absolute atomic E-state index is 12.5. The molecule has 0 saturated carbocycles. The number of para-hydroxylation sites is 1. The molecule has 156 valence electrons. The number of carbonyl (C=O) groups excluding carboxylic acids is 2. The average Bonchev–Trinajstić information content (AvgIpc) is 3.11. The molecule has 2 heterocycles. The molecule has 1 aliphatic heterocycles. The lowest BCUT2D eigenvalue weighted by Gasteiger charge is -2.28. The molecule has 6 heteroatoms. The van der Waals surface area contributed by atoms with Gasteiger partial charge in [0.15, 0.2) is 0 Å². The van der Waals surface area contributed by atoms with E-state index in [4.69, 9.17) is 4.74 Å². The van der Waals surface area contributed by atoms with E-state index >= 15 is 0 Å². The highest BCUT2D eigenvalue weighted by atomic mass is 16.5. The molecule has 2 amide bonds. The van der Waals surface area contributed by atoms with Crippen molar-refractivity contribution in [2.45, 2.75) is 13.5 Å². The Morgan fingerprint density at radius 3 is 2.57 bits per heavy atom. The monoisotopic (exact) mass is 405 g/mol. The van der Waals surface area contributed by atoms with Gasteiger partial charge in [-0.05, 0) is 36.8 Å². The zero-order chi connectivity index (χ0) is 21.1. The highest BCUT2D eigenvalue weighted by molar-refractivity contribution is 6.08. The summed E-state index contributed by atoms with van der Waals surface area (Å²) in [7, 11) is 1.66. The van der Waals surface area contributed by atoms with Gasteiger partial charge >= 0.3 is 0 Å². The Kier molecular flexibility index (Phi) is 5.86. The summed E-state index contributed by atoms with van der Waals surface area (Å²) >= 11 is 0. The Bertz CT molecular complexity index is 1110. The maximum atomic E-state index is 12.5. The third kappa shape index (κ3) is 3.96. The minimum Gasteiger partial charge on any atom is -0.378 e. The van der Waals surface area contributed by atoms with Gasteiger partial charge in [-0.15, -0.1) is 0 Å². The molecule has 2 aromatic carbocycles. The van der Waals surface area contributed by atoms with Crippen LogP contribution in [0.2, 0.25) is 0 Å². The van der Waals surface area contributed by atoms with Gasteiger partial charge in [-0.1, -0.05) is 24.3 Å². The molecule has 0 spiro atoms. The van der Waals surface area contributed by atoms with Crippen LogP contribution in [0.5, 0.6) is 0 Å². The van der Waals surface area contributed by atoms with E-state index in [0.717, 1.165) is 12.1 Å². The molecule has 0 atom stereocenters. The summed E-state index contributed by atoms with van der Waals surface area (Å²) in [5, 5.41) is 2.39. The van der Waals surface area contributed by atoms with E-state index in [1.165, 1.54) is 32.8 Å². The molecule has 1 fully saturated rings. The van der Waals surface area contributed by atoms with Crippen molar-refractivity contribution in [3.63, 3.8) is 0 Å².